The van der Waals surface area contributed by atoms with Gasteiger partial charge in [0.15, 0.2) is 0 Å². The first kappa shape index (κ1) is 40.2. The topological polar surface area (TPSA) is 261 Å². The first-order valence-electron chi connectivity index (χ1n) is 16.6. The zero-order chi connectivity index (χ0) is 38.2. The van der Waals surface area contributed by atoms with E-state index in [1.165, 1.54) is 19.1 Å². The first-order chi connectivity index (χ1) is 24.7. The number of fused-ring (bicyclic) bond motifs is 1. The number of hydrogen-bond acceptors (Lipinski definition) is 8. The van der Waals surface area contributed by atoms with E-state index in [0.29, 0.717) is 5.56 Å². The first-order valence-corrected chi connectivity index (χ1v) is 16.6. The molecule has 4 atom stereocenters. The van der Waals surface area contributed by atoms with Gasteiger partial charge in [-0.25, -0.2) is 14.4 Å². The quantitative estimate of drug-likeness (QED) is 0.0758. The van der Waals surface area contributed by atoms with Gasteiger partial charge in [0.05, 0.1) is 0 Å². The lowest BCUT2D eigenvalue weighted by Gasteiger charge is -2.23. The van der Waals surface area contributed by atoms with Crippen molar-refractivity contribution in [3.05, 3.63) is 77.9 Å². The number of phenolic OH excluding ortho intramolecular Hbond substituents is 1. The molecule has 0 aromatic heterocycles. The number of carboxylic acid groups (broad SMARTS) is 3. The summed E-state index contributed by atoms with van der Waals surface area (Å²) in [6.07, 6.45) is -0.292. The van der Waals surface area contributed by atoms with Gasteiger partial charge < -0.3 is 47.0 Å². The molecule has 0 unspecified atom stereocenters. The number of carbonyl (C=O) groups is 7. The number of nitrogens with one attached hydrogen (secondary N) is 5. The predicted octanol–water partition coefficient (Wildman–Crippen LogP) is 1.68. The van der Waals surface area contributed by atoms with E-state index in [1.807, 2.05) is 42.5 Å². The number of aromatic hydroxyl groups is 1. The summed E-state index contributed by atoms with van der Waals surface area (Å²) in [7, 11) is 0. The molecule has 16 heteroatoms. The van der Waals surface area contributed by atoms with Crippen molar-refractivity contribution in [3.8, 4) is 5.75 Å². The molecule has 9 N–H and O–H groups in total. The molecule has 0 aliphatic carbocycles. The van der Waals surface area contributed by atoms with Crippen LogP contribution in [0.5, 0.6) is 5.75 Å². The highest BCUT2D eigenvalue weighted by atomic mass is 16.4. The smallest absolute Gasteiger partial charge is 0.326 e. The Kier molecular flexibility index (Phi) is 15.4. The molecule has 16 nitrogen and oxygen atoms in total. The fraction of sp³-hybridized carbons (Fsp3) is 0.361. The third kappa shape index (κ3) is 13.6. The molecule has 5 amide bonds. The van der Waals surface area contributed by atoms with Gasteiger partial charge in [-0.3, -0.25) is 19.2 Å². The summed E-state index contributed by atoms with van der Waals surface area (Å²) in [5.74, 6) is -5.66. The minimum Gasteiger partial charge on any atom is -0.508 e. The molecule has 3 aromatic rings. The van der Waals surface area contributed by atoms with Crippen LogP contribution < -0.4 is 26.6 Å². The molecule has 0 spiro atoms. The van der Waals surface area contributed by atoms with E-state index in [4.69, 9.17) is 5.11 Å². The van der Waals surface area contributed by atoms with Crippen LogP contribution in [-0.2, 0) is 41.6 Å². The summed E-state index contributed by atoms with van der Waals surface area (Å²) >= 11 is 0. The fourth-order valence-electron chi connectivity index (χ4n) is 5.35. The Balaban J connectivity index is 1.64. The van der Waals surface area contributed by atoms with Gasteiger partial charge in [0.25, 0.3) is 0 Å². The van der Waals surface area contributed by atoms with E-state index in [-0.39, 0.29) is 44.4 Å². The summed E-state index contributed by atoms with van der Waals surface area (Å²) in [5.41, 5.74) is 1.42. The van der Waals surface area contributed by atoms with Gasteiger partial charge in [0, 0.05) is 32.7 Å². The summed E-state index contributed by atoms with van der Waals surface area (Å²) < 4.78 is 0. The number of carbonyl (C=O) groups excluding carboxylic acids is 4. The lowest BCUT2D eigenvalue weighted by Crippen LogP contribution is -2.55. The van der Waals surface area contributed by atoms with Crippen molar-refractivity contribution in [2.45, 2.75) is 76.0 Å². The van der Waals surface area contributed by atoms with Crippen LogP contribution in [0.4, 0.5) is 4.79 Å². The van der Waals surface area contributed by atoms with E-state index in [2.05, 4.69) is 26.6 Å². The maximum Gasteiger partial charge on any atom is 0.326 e. The Hall–Kier alpha value is -6.19. The molecule has 0 bridgehead atoms. The summed E-state index contributed by atoms with van der Waals surface area (Å²) in [5, 5.41) is 51.5. The van der Waals surface area contributed by atoms with Crippen molar-refractivity contribution < 1.29 is 54.0 Å². The second-order valence-corrected chi connectivity index (χ2v) is 12.2. The number of urea groups is 1. The number of amides is 5. The SMILES string of the molecule is CC(=O)N[C@@H](Cc1ccc(O)cc1)C(=O)N[C@@H](Cc1ccc2ccccc2c1)C(=O)NCCCC[C@H](NC(=O)N[C@@H](CCC(=O)O)C(=O)O)C(=O)O. The summed E-state index contributed by atoms with van der Waals surface area (Å²) in [4.78, 5) is 85.2. The van der Waals surface area contributed by atoms with Crippen LogP contribution in [0.2, 0.25) is 0 Å². The highest BCUT2D eigenvalue weighted by molar-refractivity contribution is 5.92. The van der Waals surface area contributed by atoms with E-state index < -0.39 is 78.7 Å². The molecule has 0 aliphatic heterocycles. The normalized spacial score (nSPS) is 13.1. The Labute approximate surface area is 299 Å². The number of hydrogen-bond donors (Lipinski definition) is 9. The van der Waals surface area contributed by atoms with Crippen molar-refractivity contribution in [2.75, 3.05) is 6.54 Å². The standard InChI is InChI=1S/C36H43N5O11/c1-21(42)38-30(19-22-10-13-26(43)14-11-22)33(47)39-29(20-23-9-12-24-6-2-3-7-25(24)18-23)32(46)37-17-5-4-8-27(34(48)49)40-36(52)41-28(35(50)51)15-16-31(44)45/h2-3,6-7,9-14,18,27-30,43H,4-5,8,15-17,19-20H2,1H3,(H,37,46)(H,38,42)(H,39,47)(H,44,45)(H,48,49)(H,50,51)(H2,40,41,52)/t27-,28-,29-,30-/m0/s1. The van der Waals surface area contributed by atoms with Gasteiger partial charge in [-0.15, -0.1) is 0 Å². The van der Waals surface area contributed by atoms with Gasteiger partial charge in [-0.2, -0.15) is 0 Å². The molecule has 0 saturated carbocycles. The summed E-state index contributed by atoms with van der Waals surface area (Å²) in [6.45, 7) is 1.35. The van der Waals surface area contributed by atoms with Crippen molar-refractivity contribution in [1.82, 2.24) is 26.6 Å². The Bertz CT molecular complexity index is 1750. The van der Waals surface area contributed by atoms with Gasteiger partial charge in [0.1, 0.15) is 29.9 Å². The van der Waals surface area contributed by atoms with Crippen LogP contribution in [0.15, 0.2) is 66.7 Å². The Morgan fingerprint density at radius 3 is 1.81 bits per heavy atom. The lowest BCUT2D eigenvalue weighted by atomic mass is 10.00. The van der Waals surface area contributed by atoms with Crippen LogP contribution in [0, 0.1) is 0 Å². The maximum absolute atomic E-state index is 13.5. The molecule has 0 fully saturated rings. The van der Waals surface area contributed by atoms with Crippen LogP contribution in [0.1, 0.15) is 50.2 Å². The number of rotatable bonds is 20. The second-order valence-electron chi connectivity index (χ2n) is 12.2. The highest BCUT2D eigenvalue weighted by Crippen LogP contribution is 2.17. The number of phenols is 1. The predicted molar refractivity (Wildman–Crippen MR) is 187 cm³/mol. The van der Waals surface area contributed by atoms with Crippen molar-refractivity contribution >= 4 is 52.4 Å². The number of carboxylic acids is 3. The minimum absolute atomic E-state index is 0.0375. The average Bonchev–Trinajstić information content (AvgIpc) is 3.09. The van der Waals surface area contributed by atoms with Crippen LogP contribution >= 0.6 is 0 Å². The van der Waals surface area contributed by atoms with Crippen LogP contribution in [0.25, 0.3) is 10.8 Å². The van der Waals surface area contributed by atoms with Crippen LogP contribution in [0.3, 0.4) is 0 Å². The number of aliphatic carboxylic acids is 3. The molecule has 0 heterocycles. The van der Waals surface area contributed by atoms with Gasteiger partial charge in [-0.05, 0) is 59.7 Å². The van der Waals surface area contributed by atoms with Crippen LogP contribution in [-0.4, -0.2) is 92.8 Å². The largest absolute Gasteiger partial charge is 0.508 e. The maximum atomic E-state index is 13.5. The minimum atomic E-state index is -1.54. The number of benzene rings is 3. The lowest BCUT2D eigenvalue weighted by molar-refractivity contribution is -0.141. The molecule has 278 valence electrons. The van der Waals surface area contributed by atoms with Crippen molar-refractivity contribution in [1.29, 1.82) is 0 Å². The van der Waals surface area contributed by atoms with E-state index >= 15 is 0 Å². The number of unbranched alkanes of at least 4 members (excludes halogenated alkanes) is 1. The van der Waals surface area contributed by atoms with Gasteiger partial charge in [0.2, 0.25) is 17.7 Å². The summed E-state index contributed by atoms with van der Waals surface area (Å²) in [6, 6.07) is 13.3. The Morgan fingerprint density at radius 1 is 0.615 bits per heavy atom. The average molecular weight is 722 g/mol. The molecule has 3 rings (SSSR count). The van der Waals surface area contributed by atoms with Crippen molar-refractivity contribution in [3.63, 3.8) is 0 Å². The molecular weight excluding hydrogens is 678 g/mol. The third-order valence-electron chi connectivity index (χ3n) is 8.03. The second kappa shape index (κ2) is 19.9. The molecule has 0 aliphatic rings. The fourth-order valence-corrected chi connectivity index (χ4v) is 5.35. The zero-order valence-electron chi connectivity index (χ0n) is 28.5. The third-order valence-corrected chi connectivity index (χ3v) is 8.03. The molecule has 3 aromatic carbocycles. The molecular formula is C36H43N5O11. The van der Waals surface area contributed by atoms with Crippen molar-refractivity contribution in [2.24, 2.45) is 0 Å². The Morgan fingerprint density at radius 2 is 1.19 bits per heavy atom. The van der Waals surface area contributed by atoms with Gasteiger partial charge in [-0.1, -0.05) is 54.6 Å². The molecule has 0 saturated heterocycles. The van der Waals surface area contributed by atoms with E-state index in [0.717, 1.165) is 16.3 Å². The highest BCUT2D eigenvalue weighted by Gasteiger charge is 2.28. The molecule has 0 radical (unpaired) electrons. The van der Waals surface area contributed by atoms with Gasteiger partial charge >= 0.3 is 23.9 Å². The van der Waals surface area contributed by atoms with E-state index in [1.54, 1.807) is 12.1 Å². The molecule has 52 heavy (non-hydrogen) atoms. The van der Waals surface area contributed by atoms with E-state index in [9.17, 15) is 48.9 Å². The zero-order valence-corrected chi connectivity index (χ0v) is 28.5. The monoisotopic (exact) mass is 721 g/mol.